The first-order valence-corrected chi connectivity index (χ1v) is 30.4. The van der Waals surface area contributed by atoms with Crippen molar-refractivity contribution < 1.29 is 4.74 Å². The van der Waals surface area contributed by atoms with E-state index in [4.69, 9.17) is 19.7 Å². The average molecular weight is 930 g/mol. The van der Waals surface area contributed by atoms with E-state index in [9.17, 15) is 0 Å². The van der Waals surface area contributed by atoms with E-state index in [1.54, 1.807) is 11.4 Å². The first kappa shape index (κ1) is 53.6. The van der Waals surface area contributed by atoms with Crippen LogP contribution in [0.25, 0.3) is 0 Å². The molecular weight excluding hydrogens is 821 g/mol. The summed E-state index contributed by atoms with van der Waals surface area (Å²) in [6.07, 6.45) is 54.7. The first-order valence-electron chi connectivity index (χ1n) is 30.4. The highest BCUT2D eigenvalue weighted by atomic mass is 16.5. The molecule has 7 heteroatoms. The zero-order valence-corrected chi connectivity index (χ0v) is 44.4. The maximum absolute atomic E-state index is 6.70. The van der Waals surface area contributed by atoms with Gasteiger partial charge in [0.2, 0.25) is 0 Å². The summed E-state index contributed by atoms with van der Waals surface area (Å²) in [4.78, 5) is 24.9. The minimum atomic E-state index is 0.407. The fraction of sp³-hybridized carbons (Fsp3) is 0.950. The van der Waals surface area contributed by atoms with E-state index < -0.39 is 0 Å². The molecule has 0 spiro atoms. The molecular formula is C60H108N6O. The zero-order valence-electron chi connectivity index (χ0n) is 44.4. The highest BCUT2D eigenvalue weighted by Gasteiger charge is 2.28. The summed E-state index contributed by atoms with van der Waals surface area (Å²) in [6, 6.07) is 2.22. The Morgan fingerprint density at radius 2 is 0.776 bits per heavy atom. The molecule has 6 saturated carbocycles. The lowest BCUT2D eigenvalue weighted by atomic mass is 9.84. The van der Waals surface area contributed by atoms with Crippen LogP contribution in [-0.2, 0) is 4.74 Å². The van der Waals surface area contributed by atoms with E-state index in [1.165, 1.54) is 269 Å². The monoisotopic (exact) mass is 929 g/mol. The van der Waals surface area contributed by atoms with Gasteiger partial charge < -0.3 is 4.74 Å². The highest BCUT2D eigenvalue weighted by molar-refractivity contribution is 5.86. The van der Waals surface area contributed by atoms with Crippen molar-refractivity contribution >= 4 is 17.1 Å². The average Bonchev–Trinajstić information content (AvgIpc) is 3.36. The lowest BCUT2D eigenvalue weighted by Gasteiger charge is -2.45. The van der Waals surface area contributed by atoms with Gasteiger partial charge in [-0.25, -0.2) is 0 Å². The molecule has 384 valence electrons. The summed E-state index contributed by atoms with van der Waals surface area (Å²) in [5.41, 5.74) is 4.72. The van der Waals surface area contributed by atoms with E-state index >= 15 is 0 Å². The molecule has 0 aromatic rings. The quantitative estimate of drug-likeness (QED) is 0.0641. The predicted octanol–water partition coefficient (Wildman–Crippen LogP) is 15.8. The number of hydrogen-bond donors (Lipinski definition) is 0. The van der Waals surface area contributed by atoms with Crippen LogP contribution >= 0.6 is 0 Å². The first-order chi connectivity index (χ1) is 33.0. The number of rotatable bonds is 26. The van der Waals surface area contributed by atoms with Gasteiger partial charge in [0, 0.05) is 61.0 Å². The molecule has 7 aliphatic rings. The molecule has 0 aromatic carbocycles. The van der Waals surface area contributed by atoms with Gasteiger partial charge in [-0.3, -0.25) is 29.7 Å². The van der Waals surface area contributed by atoms with Gasteiger partial charge in [-0.15, -0.1) is 0 Å². The van der Waals surface area contributed by atoms with Gasteiger partial charge in [0.05, 0.1) is 26.6 Å². The van der Waals surface area contributed by atoms with Crippen LogP contribution in [0.3, 0.4) is 0 Å². The molecule has 0 bridgehead atoms. The molecule has 67 heavy (non-hydrogen) atoms. The number of ether oxygens (including phenoxy) is 1. The van der Waals surface area contributed by atoms with Crippen LogP contribution in [-0.4, -0.2) is 102 Å². The summed E-state index contributed by atoms with van der Waals surface area (Å²) in [7, 11) is 0. The zero-order chi connectivity index (χ0) is 46.1. The van der Waals surface area contributed by atoms with Gasteiger partial charge in [-0.2, -0.15) is 0 Å². The van der Waals surface area contributed by atoms with Crippen LogP contribution in [0.4, 0.5) is 0 Å². The molecule has 7 rings (SSSR count). The Kier molecular flexibility index (Phi) is 25.1. The Morgan fingerprint density at radius 3 is 1.18 bits per heavy atom. The van der Waals surface area contributed by atoms with Crippen molar-refractivity contribution in [2.75, 3.05) is 46.3 Å². The lowest BCUT2D eigenvalue weighted by Crippen LogP contribution is -2.58. The van der Waals surface area contributed by atoms with Gasteiger partial charge >= 0.3 is 0 Å². The smallest absolute Gasteiger partial charge is 0.0620 e. The van der Waals surface area contributed by atoms with E-state index in [0.717, 1.165) is 57.4 Å². The van der Waals surface area contributed by atoms with Gasteiger partial charge in [-0.1, -0.05) is 161 Å². The third-order valence-corrected chi connectivity index (χ3v) is 18.1. The molecule has 0 amide bonds. The Labute approximate surface area is 414 Å². The second kappa shape index (κ2) is 31.3. The topological polar surface area (TPSA) is 56.0 Å². The number of aliphatic imine (C=N–C) groups is 3. The molecule has 1 aliphatic heterocycles. The normalized spacial score (nSPS) is 25.8. The minimum absolute atomic E-state index is 0.407. The summed E-state index contributed by atoms with van der Waals surface area (Å²) in [5, 5.41) is 0. The van der Waals surface area contributed by atoms with Crippen molar-refractivity contribution in [2.24, 2.45) is 38.6 Å². The van der Waals surface area contributed by atoms with Crippen LogP contribution in [0.5, 0.6) is 0 Å². The van der Waals surface area contributed by atoms with E-state index in [2.05, 4.69) is 28.5 Å². The van der Waals surface area contributed by atoms with E-state index in [1.807, 2.05) is 0 Å². The Morgan fingerprint density at radius 1 is 0.418 bits per heavy atom. The van der Waals surface area contributed by atoms with E-state index in [-0.39, 0.29) is 0 Å². The van der Waals surface area contributed by atoms with E-state index in [0.29, 0.717) is 30.1 Å². The SMILES string of the molecule is CC(COCC(C)N1CN(CCCCC(CC2CCCCC2)=NC2CCCCC2)CN(CCCCC(CC2CCCCC2)=NC2CCCCC2)C1)CC(CC1CCCCC1)=NC1CCCCC1. The maximum atomic E-state index is 6.70. The largest absolute Gasteiger partial charge is 0.380 e. The Hall–Kier alpha value is -1.15. The molecule has 7 nitrogen and oxygen atoms in total. The Balaban J connectivity index is 0.918. The third-order valence-electron chi connectivity index (χ3n) is 18.1. The fourth-order valence-corrected chi connectivity index (χ4v) is 14.0. The van der Waals surface area contributed by atoms with Crippen molar-refractivity contribution in [1.82, 2.24) is 14.7 Å². The Bertz CT molecular complexity index is 1320. The molecule has 1 saturated heterocycles. The van der Waals surface area contributed by atoms with Gasteiger partial charge in [0.25, 0.3) is 0 Å². The lowest BCUT2D eigenvalue weighted by molar-refractivity contribution is -0.0655. The summed E-state index contributed by atoms with van der Waals surface area (Å²) < 4.78 is 6.70. The van der Waals surface area contributed by atoms with Crippen LogP contribution in [0.2, 0.25) is 0 Å². The molecule has 2 unspecified atom stereocenters. The second-order valence-corrected chi connectivity index (χ2v) is 24.5. The summed E-state index contributed by atoms with van der Waals surface area (Å²) in [6.45, 7) is 12.2. The van der Waals surface area contributed by atoms with Crippen LogP contribution < -0.4 is 0 Å². The molecule has 0 radical (unpaired) electrons. The minimum Gasteiger partial charge on any atom is -0.380 e. The predicted molar refractivity (Wildman–Crippen MR) is 288 cm³/mol. The van der Waals surface area contributed by atoms with Gasteiger partial charge in [0.15, 0.2) is 0 Å². The van der Waals surface area contributed by atoms with Crippen molar-refractivity contribution in [1.29, 1.82) is 0 Å². The van der Waals surface area contributed by atoms with Crippen molar-refractivity contribution in [3.8, 4) is 0 Å². The molecule has 2 atom stereocenters. The maximum Gasteiger partial charge on any atom is 0.0620 e. The summed E-state index contributed by atoms with van der Waals surface area (Å²) >= 11 is 0. The highest BCUT2D eigenvalue weighted by Crippen LogP contribution is 2.32. The molecule has 1 heterocycles. The molecule has 6 aliphatic carbocycles. The van der Waals surface area contributed by atoms with Crippen LogP contribution in [0, 0.1) is 23.7 Å². The standard InChI is InChI=1S/C60H108N6O/c1-50(41-60(44-54-29-13-5-14-30-54)63-57-35-19-8-20-36-57)45-67-46-51(2)66-48-64(39-23-21-37-58(42-52-25-9-3-10-26-52)61-55-31-15-6-16-32-55)47-65(49-66)40-24-22-38-59(43-53-27-11-4-12-28-53)62-56-33-17-7-18-34-56/h50-57H,3-49H2,1-2H3. The van der Waals surface area contributed by atoms with Crippen molar-refractivity contribution in [2.45, 2.75) is 295 Å². The van der Waals surface area contributed by atoms with Crippen molar-refractivity contribution in [3.05, 3.63) is 0 Å². The fourth-order valence-electron chi connectivity index (χ4n) is 14.0. The van der Waals surface area contributed by atoms with Crippen molar-refractivity contribution in [3.63, 3.8) is 0 Å². The van der Waals surface area contributed by atoms with Crippen LogP contribution in [0.15, 0.2) is 15.0 Å². The number of hydrogen-bond acceptors (Lipinski definition) is 7. The molecule has 7 fully saturated rings. The van der Waals surface area contributed by atoms with Crippen LogP contribution in [0.1, 0.15) is 271 Å². The molecule has 0 N–H and O–H groups in total. The van der Waals surface area contributed by atoms with Gasteiger partial charge in [0.1, 0.15) is 0 Å². The summed E-state index contributed by atoms with van der Waals surface area (Å²) in [5.74, 6) is 3.19. The number of unbranched alkanes of at least 4 members (excludes halogenated alkanes) is 2. The third kappa shape index (κ3) is 20.8. The number of nitrogens with zero attached hydrogens (tertiary/aromatic N) is 6. The molecule has 0 aromatic heterocycles. The van der Waals surface area contributed by atoms with Gasteiger partial charge in [-0.05, 0) is 133 Å². The second-order valence-electron chi connectivity index (χ2n) is 24.5.